The number of carbonyl (C=O) groups excluding carboxylic acids is 2. The molecule has 16 heavy (non-hydrogen) atoms. The zero-order chi connectivity index (χ0) is 12.1. The largest absolute Gasteiger partial charge is 0.462 e. The van der Waals surface area contributed by atoms with E-state index in [1.165, 1.54) is 6.92 Å². The molecule has 0 saturated carbocycles. The number of ether oxygens (including phenoxy) is 1. The molecule has 1 amide bonds. The summed E-state index contributed by atoms with van der Waals surface area (Å²) in [6.45, 7) is 7.30. The van der Waals surface area contributed by atoms with Crippen molar-refractivity contribution in [2.45, 2.75) is 32.7 Å². The minimum Gasteiger partial charge on any atom is -0.462 e. The fourth-order valence-corrected chi connectivity index (χ4v) is 1.71. The van der Waals surface area contributed by atoms with Crippen LogP contribution in [-0.2, 0) is 14.3 Å². The number of hydrogen-bond acceptors (Lipinski definition) is 3. The molecule has 1 aliphatic carbocycles. The van der Waals surface area contributed by atoms with Crippen LogP contribution < -0.4 is 5.32 Å². The van der Waals surface area contributed by atoms with Gasteiger partial charge in [0, 0.05) is 13.0 Å². The maximum Gasteiger partial charge on any atom is 0.337 e. The lowest BCUT2D eigenvalue weighted by atomic mass is 10.1. The highest BCUT2D eigenvalue weighted by molar-refractivity contribution is 5.92. The van der Waals surface area contributed by atoms with E-state index in [-0.39, 0.29) is 17.9 Å². The van der Waals surface area contributed by atoms with Gasteiger partial charge in [0.05, 0.1) is 12.2 Å². The van der Waals surface area contributed by atoms with Gasteiger partial charge in [0.1, 0.15) is 0 Å². The van der Waals surface area contributed by atoms with Gasteiger partial charge in [0.15, 0.2) is 0 Å². The molecule has 4 heteroatoms. The Labute approximate surface area is 95.4 Å². The highest BCUT2D eigenvalue weighted by Crippen LogP contribution is 2.25. The number of esters is 1. The first-order valence-electron chi connectivity index (χ1n) is 5.37. The van der Waals surface area contributed by atoms with Crippen LogP contribution in [0.1, 0.15) is 26.7 Å². The number of amides is 1. The van der Waals surface area contributed by atoms with E-state index in [2.05, 4.69) is 11.9 Å². The minimum absolute atomic E-state index is 0.0543. The van der Waals surface area contributed by atoms with Gasteiger partial charge in [0.2, 0.25) is 5.91 Å². The van der Waals surface area contributed by atoms with Gasteiger partial charge in [-0.15, -0.1) is 0 Å². The summed E-state index contributed by atoms with van der Waals surface area (Å²) in [6, 6.07) is 0.0821. The molecule has 0 aliphatic heterocycles. The molecule has 1 rings (SSSR count). The Morgan fingerprint density at radius 2 is 2.31 bits per heavy atom. The van der Waals surface area contributed by atoms with E-state index in [1.807, 2.05) is 6.08 Å². The van der Waals surface area contributed by atoms with E-state index in [0.29, 0.717) is 18.6 Å². The van der Waals surface area contributed by atoms with Gasteiger partial charge in [0.25, 0.3) is 0 Å². The van der Waals surface area contributed by atoms with Crippen molar-refractivity contribution in [3.63, 3.8) is 0 Å². The molecular weight excluding hydrogens is 206 g/mol. The summed E-state index contributed by atoms with van der Waals surface area (Å²) in [6.07, 6.45) is 3.32. The molecule has 0 spiro atoms. The quantitative estimate of drug-likeness (QED) is 0.578. The fraction of sp³-hybridized carbons (Fsp3) is 0.500. The monoisotopic (exact) mass is 223 g/mol. The van der Waals surface area contributed by atoms with Crippen molar-refractivity contribution in [2.24, 2.45) is 0 Å². The average Bonchev–Trinajstić information content (AvgIpc) is 2.64. The Morgan fingerprint density at radius 1 is 1.62 bits per heavy atom. The van der Waals surface area contributed by atoms with Crippen molar-refractivity contribution in [3.05, 3.63) is 23.8 Å². The lowest BCUT2D eigenvalue weighted by molar-refractivity contribution is -0.138. The van der Waals surface area contributed by atoms with Crippen molar-refractivity contribution >= 4 is 11.9 Å². The third-order valence-corrected chi connectivity index (χ3v) is 2.43. The summed E-state index contributed by atoms with van der Waals surface area (Å²) in [4.78, 5) is 22.3. The van der Waals surface area contributed by atoms with Crippen LogP contribution in [0.4, 0.5) is 0 Å². The molecule has 0 aromatic carbocycles. The van der Waals surface area contributed by atoms with Gasteiger partial charge < -0.3 is 10.1 Å². The summed E-state index contributed by atoms with van der Waals surface area (Å²) in [5, 5.41) is 2.81. The number of nitrogens with one attached hydrogen (secondary N) is 1. The van der Waals surface area contributed by atoms with Crippen LogP contribution in [0, 0.1) is 0 Å². The second-order valence-corrected chi connectivity index (χ2v) is 3.77. The Hall–Kier alpha value is -1.58. The minimum atomic E-state index is -0.378. The molecule has 1 atom stereocenters. The first-order chi connectivity index (χ1) is 7.54. The van der Waals surface area contributed by atoms with E-state index in [9.17, 15) is 9.59 Å². The Bertz CT molecular complexity index is 344. The number of carbonyl (C=O) groups is 2. The third kappa shape index (κ3) is 3.22. The topological polar surface area (TPSA) is 55.4 Å². The molecule has 0 heterocycles. The molecule has 0 saturated heterocycles. The third-order valence-electron chi connectivity index (χ3n) is 2.43. The van der Waals surface area contributed by atoms with E-state index < -0.39 is 0 Å². The molecule has 0 fully saturated rings. The van der Waals surface area contributed by atoms with Gasteiger partial charge in [-0.1, -0.05) is 12.7 Å². The predicted molar refractivity (Wildman–Crippen MR) is 60.7 cm³/mol. The summed E-state index contributed by atoms with van der Waals surface area (Å²) >= 11 is 0. The van der Waals surface area contributed by atoms with Crippen LogP contribution in [0.2, 0.25) is 0 Å². The SMILES string of the molecule is C=C(C(=O)OCC)C1=CCC(NC(C)=O)C1. The molecule has 1 unspecified atom stereocenters. The fourth-order valence-electron chi connectivity index (χ4n) is 1.71. The molecule has 0 radical (unpaired) electrons. The second kappa shape index (κ2) is 5.49. The van der Waals surface area contributed by atoms with Crippen LogP contribution in [0.5, 0.6) is 0 Å². The van der Waals surface area contributed by atoms with Gasteiger partial charge in [-0.05, 0) is 25.3 Å². The molecule has 1 aliphatic rings. The van der Waals surface area contributed by atoms with E-state index in [1.54, 1.807) is 6.92 Å². The molecule has 0 aromatic rings. The van der Waals surface area contributed by atoms with Crippen LogP contribution in [-0.4, -0.2) is 24.5 Å². The number of rotatable bonds is 4. The Kier molecular flexibility index (Phi) is 4.28. The van der Waals surface area contributed by atoms with E-state index in [0.717, 1.165) is 12.0 Å². The highest BCUT2D eigenvalue weighted by Gasteiger charge is 2.22. The zero-order valence-electron chi connectivity index (χ0n) is 9.71. The van der Waals surface area contributed by atoms with Crippen LogP contribution >= 0.6 is 0 Å². The molecular formula is C12H17NO3. The number of hydrogen-bond donors (Lipinski definition) is 1. The normalized spacial score (nSPS) is 18.9. The molecule has 88 valence electrons. The zero-order valence-corrected chi connectivity index (χ0v) is 9.71. The first-order valence-corrected chi connectivity index (χ1v) is 5.37. The second-order valence-electron chi connectivity index (χ2n) is 3.77. The summed E-state index contributed by atoms with van der Waals surface area (Å²) in [5.74, 6) is -0.432. The first kappa shape index (κ1) is 12.5. The van der Waals surface area contributed by atoms with Gasteiger partial charge in [-0.2, -0.15) is 0 Å². The van der Waals surface area contributed by atoms with Gasteiger partial charge in [-0.3, -0.25) is 4.79 Å². The van der Waals surface area contributed by atoms with Crippen molar-refractivity contribution in [3.8, 4) is 0 Å². The van der Waals surface area contributed by atoms with Crippen molar-refractivity contribution in [1.29, 1.82) is 0 Å². The summed E-state index contributed by atoms with van der Waals surface area (Å²) in [5.41, 5.74) is 1.27. The highest BCUT2D eigenvalue weighted by atomic mass is 16.5. The van der Waals surface area contributed by atoms with Crippen molar-refractivity contribution in [1.82, 2.24) is 5.32 Å². The molecule has 4 nitrogen and oxygen atoms in total. The standard InChI is InChI=1S/C12H17NO3/c1-4-16-12(15)8(2)10-5-6-11(7-10)13-9(3)14/h5,11H,2,4,6-7H2,1,3H3,(H,13,14). The summed E-state index contributed by atoms with van der Waals surface area (Å²) in [7, 11) is 0. The van der Waals surface area contributed by atoms with Crippen LogP contribution in [0.3, 0.4) is 0 Å². The average molecular weight is 223 g/mol. The maximum atomic E-state index is 11.4. The predicted octanol–water partition coefficient (Wildman–Crippen LogP) is 1.33. The molecule has 0 aromatic heterocycles. The lowest BCUT2D eigenvalue weighted by Crippen LogP contribution is -2.31. The molecule has 0 bridgehead atoms. The van der Waals surface area contributed by atoms with E-state index in [4.69, 9.17) is 4.74 Å². The molecule has 1 N–H and O–H groups in total. The van der Waals surface area contributed by atoms with Crippen LogP contribution in [0.15, 0.2) is 23.8 Å². The van der Waals surface area contributed by atoms with Crippen LogP contribution in [0.25, 0.3) is 0 Å². The van der Waals surface area contributed by atoms with Crippen molar-refractivity contribution in [2.75, 3.05) is 6.61 Å². The van der Waals surface area contributed by atoms with Gasteiger partial charge in [-0.25, -0.2) is 4.79 Å². The Morgan fingerprint density at radius 3 is 2.88 bits per heavy atom. The summed E-state index contributed by atoms with van der Waals surface area (Å²) < 4.78 is 4.87. The van der Waals surface area contributed by atoms with E-state index >= 15 is 0 Å². The Balaban J connectivity index is 2.49. The maximum absolute atomic E-state index is 11.4. The van der Waals surface area contributed by atoms with Gasteiger partial charge >= 0.3 is 5.97 Å². The van der Waals surface area contributed by atoms with Crippen molar-refractivity contribution < 1.29 is 14.3 Å². The lowest BCUT2D eigenvalue weighted by Gasteiger charge is -2.11. The smallest absolute Gasteiger partial charge is 0.337 e.